The highest BCUT2D eigenvalue weighted by Gasteiger charge is 1.91. The summed E-state index contributed by atoms with van der Waals surface area (Å²) < 4.78 is 0. The lowest BCUT2D eigenvalue weighted by atomic mass is 10.5. The van der Waals surface area contributed by atoms with Crippen LogP contribution in [0.3, 0.4) is 0 Å². The number of carbonyl (C=O) groups excluding carboxylic acids is 1. The quantitative estimate of drug-likeness (QED) is 0.505. The first-order valence-electron chi connectivity index (χ1n) is 2.02. The Labute approximate surface area is 49.6 Å². The molecule has 0 aromatic carbocycles. The molecule has 0 bridgehead atoms. The van der Waals surface area contributed by atoms with E-state index < -0.39 is 0 Å². The van der Waals surface area contributed by atoms with E-state index in [2.05, 4.69) is 6.58 Å². The minimum Gasteiger partial charge on any atom is -0.345 e. The zero-order valence-corrected chi connectivity index (χ0v) is 5.35. The average molecular weight is 116 g/mol. The summed E-state index contributed by atoms with van der Waals surface area (Å²) in [5, 5.41) is 0. The third-order valence-electron chi connectivity index (χ3n) is 0.615. The maximum atomic E-state index is 10.3. The number of hydrogen-bond acceptors (Lipinski definition) is 2. The molecule has 0 fully saturated rings. The smallest absolute Gasteiger partial charge is 0.245 e. The summed E-state index contributed by atoms with van der Waals surface area (Å²) in [5.74, 6) is -0.0556. The van der Waals surface area contributed by atoms with Gasteiger partial charge in [-0.2, -0.15) is 0 Å². The molecule has 3 N–H and O–H groups in total. The van der Waals surface area contributed by atoms with Gasteiger partial charge < -0.3 is 11.1 Å². The van der Waals surface area contributed by atoms with E-state index in [-0.39, 0.29) is 12.1 Å². The van der Waals surface area contributed by atoms with Gasteiger partial charge in [0.05, 0.1) is 0 Å². The van der Waals surface area contributed by atoms with E-state index in [0.717, 1.165) is 0 Å². The van der Waals surface area contributed by atoms with Crippen molar-refractivity contribution in [2.75, 3.05) is 14.1 Å². The van der Waals surface area contributed by atoms with Gasteiger partial charge in [-0.05, 0) is 6.08 Å². The topological polar surface area (TPSA) is 55.3 Å². The minimum absolute atomic E-state index is 0. The van der Waals surface area contributed by atoms with E-state index in [1.165, 1.54) is 11.0 Å². The lowest BCUT2D eigenvalue weighted by Gasteiger charge is -2.03. The summed E-state index contributed by atoms with van der Waals surface area (Å²) in [6, 6.07) is 0. The largest absolute Gasteiger partial charge is 0.345 e. The normalized spacial score (nSPS) is 6.75. The van der Waals surface area contributed by atoms with E-state index in [1.807, 2.05) is 0 Å². The average Bonchev–Trinajstić information content (AvgIpc) is 1.65. The molecule has 0 rings (SSSR count). The van der Waals surface area contributed by atoms with Crippen molar-refractivity contribution in [2.24, 2.45) is 0 Å². The monoisotopic (exact) mass is 116 g/mol. The Morgan fingerprint density at radius 2 is 2.00 bits per heavy atom. The number of likely N-dealkylation sites (N-methyl/N-ethyl adjacent to an activating group) is 1. The zero-order valence-electron chi connectivity index (χ0n) is 5.35. The number of carbonyl (C=O) groups is 1. The van der Waals surface area contributed by atoms with Gasteiger partial charge in [0.15, 0.2) is 0 Å². The van der Waals surface area contributed by atoms with E-state index in [1.54, 1.807) is 14.1 Å². The van der Waals surface area contributed by atoms with Crippen molar-refractivity contribution >= 4 is 5.91 Å². The highest BCUT2D eigenvalue weighted by molar-refractivity contribution is 5.86. The number of rotatable bonds is 1. The van der Waals surface area contributed by atoms with Crippen LogP contribution in [0.4, 0.5) is 0 Å². The van der Waals surface area contributed by atoms with Crippen LogP contribution in [0.1, 0.15) is 0 Å². The fraction of sp³-hybridized carbons (Fsp3) is 0.400. The second-order valence-electron chi connectivity index (χ2n) is 1.44. The number of amides is 1. The van der Waals surface area contributed by atoms with Crippen molar-refractivity contribution in [1.29, 1.82) is 0 Å². The maximum absolute atomic E-state index is 10.3. The molecule has 0 aromatic heterocycles. The molecule has 0 saturated carbocycles. The zero-order chi connectivity index (χ0) is 5.86. The van der Waals surface area contributed by atoms with Crippen LogP contribution in [-0.2, 0) is 4.79 Å². The molecule has 0 aromatic rings. The predicted octanol–water partition coefficient (Wildman–Crippen LogP) is 0.423. The summed E-state index contributed by atoms with van der Waals surface area (Å²) in [6.07, 6.45) is 1.28. The van der Waals surface area contributed by atoms with Crippen molar-refractivity contribution in [1.82, 2.24) is 11.1 Å². The third-order valence-corrected chi connectivity index (χ3v) is 0.615. The molecular weight excluding hydrogens is 104 g/mol. The first kappa shape index (κ1) is 10.2. The molecule has 48 valence electrons. The molecule has 0 spiro atoms. The molecule has 0 heterocycles. The van der Waals surface area contributed by atoms with Gasteiger partial charge in [-0.25, -0.2) is 0 Å². The van der Waals surface area contributed by atoms with Gasteiger partial charge in [0, 0.05) is 14.1 Å². The second kappa shape index (κ2) is 4.33. The summed E-state index contributed by atoms with van der Waals surface area (Å²) in [7, 11) is 3.37. The molecular formula is C5H12N2O. The lowest BCUT2D eigenvalue weighted by molar-refractivity contribution is -0.123. The van der Waals surface area contributed by atoms with Crippen molar-refractivity contribution in [3.05, 3.63) is 12.7 Å². The summed E-state index contributed by atoms with van der Waals surface area (Å²) in [4.78, 5) is 11.8. The van der Waals surface area contributed by atoms with Gasteiger partial charge in [-0.3, -0.25) is 4.79 Å². The molecule has 3 nitrogen and oxygen atoms in total. The van der Waals surface area contributed by atoms with Crippen LogP contribution >= 0.6 is 0 Å². The van der Waals surface area contributed by atoms with Crippen molar-refractivity contribution in [3.63, 3.8) is 0 Å². The van der Waals surface area contributed by atoms with Gasteiger partial charge in [-0.1, -0.05) is 6.58 Å². The first-order chi connectivity index (χ1) is 3.18. The second-order valence-corrected chi connectivity index (χ2v) is 1.44. The highest BCUT2D eigenvalue weighted by Crippen LogP contribution is 1.74. The van der Waals surface area contributed by atoms with Crippen LogP contribution in [-0.4, -0.2) is 24.9 Å². The lowest BCUT2D eigenvalue weighted by Crippen LogP contribution is -2.18. The fourth-order valence-corrected chi connectivity index (χ4v) is 0.183. The molecule has 0 aliphatic rings. The Hall–Kier alpha value is -0.830. The van der Waals surface area contributed by atoms with E-state index in [9.17, 15) is 4.79 Å². The molecule has 0 saturated heterocycles. The first-order valence-corrected chi connectivity index (χ1v) is 2.02. The van der Waals surface area contributed by atoms with Gasteiger partial charge in [0.25, 0.3) is 0 Å². The molecule has 8 heavy (non-hydrogen) atoms. The van der Waals surface area contributed by atoms with Gasteiger partial charge in [-0.15, -0.1) is 0 Å². The van der Waals surface area contributed by atoms with Crippen molar-refractivity contribution in [3.8, 4) is 0 Å². The Kier molecular flexibility index (Phi) is 5.53. The van der Waals surface area contributed by atoms with E-state index in [4.69, 9.17) is 0 Å². The van der Waals surface area contributed by atoms with Gasteiger partial charge in [0.2, 0.25) is 5.91 Å². The molecule has 0 atom stereocenters. The Morgan fingerprint density at radius 1 is 1.62 bits per heavy atom. The van der Waals surface area contributed by atoms with Crippen LogP contribution in [0.2, 0.25) is 0 Å². The Balaban J connectivity index is 0. The van der Waals surface area contributed by atoms with Crippen molar-refractivity contribution in [2.45, 2.75) is 0 Å². The summed E-state index contributed by atoms with van der Waals surface area (Å²) in [6.45, 7) is 3.29. The molecule has 0 radical (unpaired) electrons. The Morgan fingerprint density at radius 3 is 2.00 bits per heavy atom. The summed E-state index contributed by atoms with van der Waals surface area (Å²) >= 11 is 0. The molecule has 1 amide bonds. The third kappa shape index (κ3) is 3.36. The van der Waals surface area contributed by atoms with E-state index >= 15 is 0 Å². The maximum Gasteiger partial charge on any atom is 0.245 e. The molecule has 0 aliphatic carbocycles. The number of hydrogen-bond donors (Lipinski definition) is 1. The predicted molar refractivity (Wildman–Crippen MR) is 33.9 cm³/mol. The van der Waals surface area contributed by atoms with Crippen LogP contribution in [0.25, 0.3) is 0 Å². The standard InChI is InChI=1S/C5H9NO.H3N/c1-4-5(7)6(2)3;/h4H,1H2,2-3H3;1H3. The number of nitrogens with zero attached hydrogens (tertiary/aromatic N) is 1. The van der Waals surface area contributed by atoms with Crippen LogP contribution in [0.15, 0.2) is 12.7 Å². The van der Waals surface area contributed by atoms with Crippen LogP contribution in [0.5, 0.6) is 0 Å². The molecule has 0 unspecified atom stereocenters. The molecule has 3 heteroatoms. The van der Waals surface area contributed by atoms with Crippen LogP contribution in [0, 0.1) is 0 Å². The van der Waals surface area contributed by atoms with Gasteiger partial charge >= 0.3 is 0 Å². The SMILES string of the molecule is C=CC(=O)N(C)C.N. The molecule has 0 aliphatic heterocycles. The highest BCUT2D eigenvalue weighted by atomic mass is 16.2. The fourth-order valence-electron chi connectivity index (χ4n) is 0.183. The minimum atomic E-state index is -0.0556. The van der Waals surface area contributed by atoms with Gasteiger partial charge in [0.1, 0.15) is 0 Å². The van der Waals surface area contributed by atoms with Crippen LogP contribution < -0.4 is 6.15 Å². The summed E-state index contributed by atoms with van der Waals surface area (Å²) in [5.41, 5.74) is 0. The van der Waals surface area contributed by atoms with E-state index in [0.29, 0.717) is 0 Å². The van der Waals surface area contributed by atoms with Crippen molar-refractivity contribution < 1.29 is 4.79 Å². The Bertz CT molecular complexity index is 88.4.